The number of hydrogen-bond acceptors (Lipinski definition) is 4. The summed E-state index contributed by atoms with van der Waals surface area (Å²) in [4.78, 5) is 12.2. The molecular weight excluding hydrogens is 232 g/mol. The molecule has 3 N–H and O–H groups in total. The topological polar surface area (TPSA) is 73.6 Å². The predicted molar refractivity (Wildman–Crippen MR) is 68.1 cm³/mol. The standard InChI is InChI=1S/C13H24N2O3/c1-4-13(2,17-3)12(16)15-10-9(14)8-6-5-7-18-11(8)10/h8-11H,4-7,14H2,1-3H3,(H,15,16). The van der Waals surface area contributed by atoms with Gasteiger partial charge in [-0.25, -0.2) is 0 Å². The van der Waals surface area contributed by atoms with Crippen LogP contribution in [0.4, 0.5) is 0 Å². The first-order chi connectivity index (χ1) is 8.53. The Hall–Kier alpha value is -0.650. The number of amides is 1. The largest absolute Gasteiger partial charge is 0.376 e. The highest BCUT2D eigenvalue weighted by molar-refractivity contribution is 5.85. The summed E-state index contributed by atoms with van der Waals surface area (Å²) in [5.74, 6) is 0.306. The molecule has 0 aromatic heterocycles. The van der Waals surface area contributed by atoms with Crippen LogP contribution >= 0.6 is 0 Å². The van der Waals surface area contributed by atoms with Crippen LogP contribution in [0.15, 0.2) is 0 Å². The van der Waals surface area contributed by atoms with Crippen molar-refractivity contribution in [2.45, 2.75) is 56.9 Å². The molecule has 0 spiro atoms. The van der Waals surface area contributed by atoms with Crippen LogP contribution in [0.5, 0.6) is 0 Å². The minimum absolute atomic E-state index is 0.0113. The molecule has 5 unspecified atom stereocenters. The fraction of sp³-hybridized carbons (Fsp3) is 0.923. The Bertz CT molecular complexity index is 317. The molecule has 2 rings (SSSR count). The summed E-state index contributed by atoms with van der Waals surface area (Å²) in [5.41, 5.74) is 5.34. The smallest absolute Gasteiger partial charge is 0.252 e. The Labute approximate surface area is 108 Å². The van der Waals surface area contributed by atoms with Crippen molar-refractivity contribution in [1.82, 2.24) is 5.32 Å². The molecule has 1 aliphatic heterocycles. The number of hydrogen-bond donors (Lipinski definition) is 2. The van der Waals surface area contributed by atoms with Crippen molar-refractivity contribution in [3.05, 3.63) is 0 Å². The van der Waals surface area contributed by atoms with Crippen molar-refractivity contribution in [2.24, 2.45) is 11.7 Å². The van der Waals surface area contributed by atoms with Gasteiger partial charge in [0, 0.05) is 25.7 Å². The van der Waals surface area contributed by atoms with Crippen molar-refractivity contribution in [3.8, 4) is 0 Å². The average molecular weight is 256 g/mol. The van der Waals surface area contributed by atoms with E-state index in [1.54, 1.807) is 14.0 Å². The Balaban J connectivity index is 1.96. The summed E-state index contributed by atoms with van der Waals surface area (Å²) >= 11 is 0. The van der Waals surface area contributed by atoms with E-state index < -0.39 is 5.60 Å². The van der Waals surface area contributed by atoms with Crippen LogP contribution in [0.25, 0.3) is 0 Å². The first-order valence-corrected chi connectivity index (χ1v) is 6.77. The molecule has 5 heteroatoms. The van der Waals surface area contributed by atoms with Crippen LogP contribution in [0.1, 0.15) is 33.1 Å². The van der Waals surface area contributed by atoms with E-state index in [4.69, 9.17) is 15.2 Å². The van der Waals surface area contributed by atoms with Crippen molar-refractivity contribution in [1.29, 1.82) is 0 Å². The van der Waals surface area contributed by atoms with Gasteiger partial charge in [-0.1, -0.05) is 6.92 Å². The zero-order chi connectivity index (χ0) is 13.3. The maximum Gasteiger partial charge on any atom is 0.252 e. The molecule has 0 aromatic rings. The molecule has 1 heterocycles. The number of rotatable bonds is 4. The number of fused-ring (bicyclic) bond motifs is 1. The molecule has 104 valence electrons. The molecular formula is C13H24N2O3. The second-order valence-electron chi connectivity index (χ2n) is 5.51. The van der Waals surface area contributed by atoms with Gasteiger partial charge in [-0.2, -0.15) is 0 Å². The fourth-order valence-corrected chi connectivity index (χ4v) is 2.83. The highest BCUT2D eigenvalue weighted by atomic mass is 16.5. The average Bonchev–Trinajstić information content (AvgIpc) is 2.42. The van der Waals surface area contributed by atoms with E-state index >= 15 is 0 Å². The van der Waals surface area contributed by atoms with E-state index in [2.05, 4.69) is 5.32 Å². The monoisotopic (exact) mass is 256 g/mol. The third-order valence-electron chi connectivity index (χ3n) is 4.58. The molecule has 1 saturated heterocycles. The van der Waals surface area contributed by atoms with Gasteiger partial charge in [0.1, 0.15) is 5.60 Å². The van der Waals surface area contributed by atoms with E-state index in [0.717, 1.165) is 19.4 Å². The molecule has 1 saturated carbocycles. The molecule has 1 amide bonds. The van der Waals surface area contributed by atoms with Gasteiger partial charge in [-0.05, 0) is 26.2 Å². The number of methoxy groups -OCH3 is 1. The first-order valence-electron chi connectivity index (χ1n) is 6.77. The third-order valence-corrected chi connectivity index (χ3v) is 4.58. The van der Waals surface area contributed by atoms with E-state index in [-0.39, 0.29) is 24.1 Å². The molecule has 0 aromatic carbocycles. The van der Waals surface area contributed by atoms with Crippen molar-refractivity contribution < 1.29 is 14.3 Å². The zero-order valence-corrected chi connectivity index (χ0v) is 11.4. The second kappa shape index (κ2) is 5.15. The predicted octanol–water partition coefficient (Wildman–Crippen LogP) is 0.422. The highest BCUT2D eigenvalue weighted by Crippen LogP contribution is 2.37. The van der Waals surface area contributed by atoms with Crippen molar-refractivity contribution >= 4 is 5.91 Å². The molecule has 1 aliphatic carbocycles. The molecule has 18 heavy (non-hydrogen) atoms. The SMILES string of the molecule is CCC(C)(OC)C(=O)NC1C(N)C2CCCOC21. The summed E-state index contributed by atoms with van der Waals surface area (Å²) < 4.78 is 11.0. The second-order valence-corrected chi connectivity index (χ2v) is 5.51. The first kappa shape index (κ1) is 13.8. The summed E-state index contributed by atoms with van der Waals surface area (Å²) in [6.07, 6.45) is 2.90. The molecule has 0 bridgehead atoms. The van der Waals surface area contributed by atoms with Gasteiger partial charge >= 0.3 is 0 Å². The van der Waals surface area contributed by atoms with Crippen LogP contribution in [-0.4, -0.2) is 43.4 Å². The summed E-state index contributed by atoms with van der Waals surface area (Å²) in [5, 5.41) is 2.99. The van der Waals surface area contributed by atoms with Crippen molar-refractivity contribution in [3.63, 3.8) is 0 Å². The molecule has 2 aliphatic rings. The quantitative estimate of drug-likeness (QED) is 0.764. The minimum Gasteiger partial charge on any atom is -0.376 e. The lowest BCUT2D eigenvalue weighted by atomic mass is 9.68. The van der Waals surface area contributed by atoms with Crippen LogP contribution in [0, 0.1) is 5.92 Å². The molecule has 2 fully saturated rings. The van der Waals surface area contributed by atoms with Gasteiger partial charge < -0.3 is 20.5 Å². The lowest BCUT2D eigenvalue weighted by Crippen LogP contribution is -2.73. The third kappa shape index (κ3) is 2.15. The highest BCUT2D eigenvalue weighted by Gasteiger charge is 2.52. The Morgan fingerprint density at radius 2 is 2.33 bits per heavy atom. The fourth-order valence-electron chi connectivity index (χ4n) is 2.83. The van der Waals surface area contributed by atoms with Gasteiger partial charge in [-0.3, -0.25) is 4.79 Å². The Morgan fingerprint density at radius 1 is 1.61 bits per heavy atom. The Kier molecular flexibility index (Phi) is 3.94. The maximum absolute atomic E-state index is 12.2. The van der Waals surface area contributed by atoms with Gasteiger partial charge in [0.05, 0.1) is 12.1 Å². The molecule has 5 nitrogen and oxygen atoms in total. The normalized spacial score (nSPS) is 38.2. The lowest BCUT2D eigenvalue weighted by molar-refractivity contribution is -0.154. The van der Waals surface area contributed by atoms with Crippen molar-refractivity contribution in [2.75, 3.05) is 13.7 Å². The Morgan fingerprint density at radius 3 is 2.94 bits per heavy atom. The number of carbonyl (C=O) groups excluding carboxylic acids is 1. The van der Waals surface area contributed by atoms with E-state index in [0.29, 0.717) is 12.3 Å². The summed E-state index contributed by atoms with van der Waals surface area (Å²) in [6.45, 7) is 4.50. The number of ether oxygens (including phenoxy) is 2. The van der Waals surface area contributed by atoms with Gasteiger partial charge in [-0.15, -0.1) is 0 Å². The van der Waals surface area contributed by atoms with E-state index in [1.807, 2.05) is 6.92 Å². The zero-order valence-electron chi connectivity index (χ0n) is 11.4. The van der Waals surface area contributed by atoms with E-state index in [1.165, 1.54) is 0 Å². The van der Waals surface area contributed by atoms with E-state index in [9.17, 15) is 4.79 Å². The summed E-state index contributed by atoms with van der Waals surface area (Å²) in [6, 6.07) is -0.0546. The lowest BCUT2D eigenvalue weighted by Gasteiger charge is -2.52. The number of nitrogens with two attached hydrogens (primary N) is 1. The number of carbonyl (C=O) groups is 1. The number of nitrogens with one attached hydrogen (secondary N) is 1. The van der Waals surface area contributed by atoms with Crippen LogP contribution in [0.2, 0.25) is 0 Å². The molecule has 5 atom stereocenters. The maximum atomic E-state index is 12.2. The van der Waals surface area contributed by atoms with Crippen LogP contribution in [-0.2, 0) is 14.3 Å². The minimum atomic E-state index is -0.778. The van der Waals surface area contributed by atoms with Gasteiger partial charge in [0.25, 0.3) is 5.91 Å². The van der Waals surface area contributed by atoms with Crippen LogP contribution < -0.4 is 11.1 Å². The summed E-state index contributed by atoms with van der Waals surface area (Å²) in [7, 11) is 1.56. The van der Waals surface area contributed by atoms with Gasteiger partial charge in [0.2, 0.25) is 0 Å². The van der Waals surface area contributed by atoms with Crippen LogP contribution in [0.3, 0.4) is 0 Å². The molecule has 0 radical (unpaired) electrons. The van der Waals surface area contributed by atoms with Gasteiger partial charge in [0.15, 0.2) is 0 Å².